The maximum Gasteiger partial charge on any atom is 0.318 e. The van der Waals surface area contributed by atoms with Crippen molar-refractivity contribution in [3.63, 3.8) is 0 Å². The summed E-state index contributed by atoms with van der Waals surface area (Å²) in [5, 5.41) is 3.44. The molecule has 100 valence electrons. The number of halogens is 2. The third-order valence-electron chi connectivity index (χ3n) is 2.55. The summed E-state index contributed by atoms with van der Waals surface area (Å²) in [4.78, 5) is 8.09. The first kappa shape index (κ1) is 13.9. The van der Waals surface area contributed by atoms with Crippen LogP contribution in [0.2, 0.25) is 5.02 Å². The average molecular weight is 298 g/mol. The zero-order valence-corrected chi connectivity index (χ0v) is 12.0. The Bertz CT molecular complexity index is 576. The highest BCUT2D eigenvalue weighted by Crippen LogP contribution is 2.31. The average Bonchev–Trinajstić information content (AvgIpc) is 2.41. The molecule has 2 rings (SSSR count). The predicted molar refractivity (Wildman–Crippen MR) is 77.6 cm³/mol. The van der Waals surface area contributed by atoms with Crippen LogP contribution in [0.3, 0.4) is 0 Å². The van der Waals surface area contributed by atoms with Gasteiger partial charge in [0, 0.05) is 5.69 Å². The maximum atomic E-state index is 6.14. The smallest absolute Gasteiger partial charge is 0.318 e. The van der Waals surface area contributed by atoms with E-state index in [2.05, 4.69) is 15.3 Å². The Morgan fingerprint density at radius 3 is 2.74 bits per heavy atom. The fourth-order valence-corrected chi connectivity index (χ4v) is 1.95. The van der Waals surface area contributed by atoms with Crippen molar-refractivity contribution < 1.29 is 4.74 Å². The molecule has 1 N–H and O–H groups in total. The van der Waals surface area contributed by atoms with Crippen molar-refractivity contribution in [3.8, 4) is 6.01 Å². The Labute approximate surface area is 121 Å². The summed E-state index contributed by atoms with van der Waals surface area (Å²) in [6.07, 6.45) is 1.49. The second-order valence-electron chi connectivity index (χ2n) is 3.88. The van der Waals surface area contributed by atoms with Crippen LogP contribution in [0.1, 0.15) is 17.9 Å². The lowest BCUT2D eigenvalue weighted by Crippen LogP contribution is -2.01. The Morgan fingerprint density at radius 2 is 2.05 bits per heavy atom. The molecule has 2 aromatic rings. The van der Waals surface area contributed by atoms with Crippen LogP contribution >= 0.6 is 23.2 Å². The van der Waals surface area contributed by atoms with Gasteiger partial charge >= 0.3 is 6.01 Å². The molecule has 4 nitrogen and oxygen atoms in total. The number of nitrogens with zero attached hydrogens (tertiary/aromatic N) is 2. The molecular weight excluding hydrogens is 285 g/mol. The van der Waals surface area contributed by atoms with Crippen molar-refractivity contribution in [2.75, 3.05) is 12.4 Å². The molecule has 19 heavy (non-hydrogen) atoms. The van der Waals surface area contributed by atoms with Crippen LogP contribution in [0.4, 0.5) is 11.5 Å². The molecule has 1 unspecified atom stereocenters. The number of aromatic nitrogens is 2. The van der Waals surface area contributed by atoms with E-state index in [0.717, 1.165) is 11.3 Å². The van der Waals surface area contributed by atoms with Crippen molar-refractivity contribution in [2.24, 2.45) is 0 Å². The summed E-state index contributed by atoms with van der Waals surface area (Å²) in [7, 11) is 1.50. The maximum absolute atomic E-state index is 6.14. The third-order valence-corrected chi connectivity index (χ3v) is 3.06. The zero-order chi connectivity index (χ0) is 13.8. The number of alkyl halides is 1. The van der Waals surface area contributed by atoms with Gasteiger partial charge in [0.05, 0.1) is 18.7 Å². The van der Waals surface area contributed by atoms with Gasteiger partial charge in [-0.2, -0.15) is 4.98 Å². The van der Waals surface area contributed by atoms with Gasteiger partial charge in [-0.15, -0.1) is 11.6 Å². The van der Waals surface area contributed by atoms with Crippen LogP contribution in [-0.4, -0.2) is 17.1 Å². The lowest BCUT2D eigenvalue weighted by atomic mass is 10.1. The fourth-order valence-electron chi connectivity index (χ4n) is 1.62. The molecule has 0 spiro atoms. The summed E-state index contributed by atoms with van der Waals surface area (Å²) in [5.74, 6) is 0.485. The van der Waals surface area contributed by atoms with Gasteiger partial charge in [-0.1, -0.05) is 29.8 Å². The summed E-state index contributed by atoms with van der Waals surface area (Å²) < 4.78 is 4.98. The largest absolute Gasteiger partial charge is 0.467 e. The van der Waals surface area contributed by atoms with Crippen molar-refractivity contribution in [1.29, 1.82) is 0 Å². The van der Waals surface area contributed by atoms with Crippen molar-refractivity contribution in [3.05, 3.63) is 41.0 Å². The minimum absolute atomic E-state index is 0.119. The number of nitrogens with one attached hydrogen (secondary N) is 1. The number of hydrogen-bond donors (Lipinski definition) is 1. The summed E-state index contributed by atoms with van der Waals surface area (Å²) >= 11 is 12.2. The third kappa shape index (κ3) is 3.28. The number of ether oxygens (including phenoxy) is 1. The first-order valence-electron chi connectivity index (χ1n) is 5.68. The van der Waals surface area contributed by atoms with Gasteiger partial charge in [0.25, 0.3) is 0 Å². The summed E-state index contributed by atoms with van der Waals surface area (Å²) in [6.45, 7) is 1.91. The van der Waals surface area contributed by atoms with Gasteiger partial charge in [-0.05, 0) is 18.6 Å². The molecule has 1 aromatic carbocycles. The number of hydrogen-bond acceptors (Lipinski definition) is 4. The fraction of sp³-hybridized carbons (Fsp3) is 0.231. The Hall–Kier alpha value is -1.52. The van der Waals surface area contributed by atoms with Crippen LogP contribution in [-0.2, 0) is 0 Å². The molecule has 0 radical (unpaired) electrons. The highest BCUT2D eigenvalue weighted by molar-refractivity contribution is 6.32. The Morgan fingerprint density at radius 1 is 1.32 bits per heavy atom. The van der Waals surface area contributed by atoms with Crippen molar-refractivity contribution in [2.45, 2.75) is 12.3 Å². The molecule has 0 aliphatic heterocycles. The normalized spacial score (nSPS) is 12.0. The Balaban J connectivity index is 2.36. The lowest BCUT2D eigenvalue weighted by Gasteiger charge is -2.13. The van der Waals surface area contributed by atoms with E-state index in [1.807, 2.05) is 31.2 Å². The molecule has 0 fully saturated rings. The summed E-state index contributed by atoms with van der Waals surface area (Å²) in [5.41, 5.74) is 1.82. The van der Waals surface area contributed by atoms with E-state index in [-0.39, 0.29) is 11.4 Å². The molecule has 0 amide bonds. The Kier molecular flexibility index (Phi) is 4.45. The minimum atomic E-state index is -0.119. The molecule has 0 aliphatic rings. The zero-order valence-electron chi connectivity index (χ0n) is 10.5. The molecule has 1 aromatic heterocycles. The predicted octanol–water partition coefficient (Wildman–Crippen LogP) is 4.18. The van der Waals surface area contributed by atoms with Crippen LogP contribution in [0, 0.1) is 0 Å². The quantitative estimate of drug-likeness (QED) is 0.860. The van der Waals surface area contributed by atoms with Gasteiger partial charge in [-0.25, -0.2) is 4.98 Å². The van der Waals surface area contributed by atoms with E-state index < -0.39 is 0 Å². The molecule has 1 heterocycles. The van der Waals surface area contributed by atoms with E-state index in [9.17, 15) is 0 Å². The van der Waals surface area contributed by atoms with E-state index >= 15 is 0 Å². The first-order valence-corrected chi connectivity index (χ1v) is 6.50. The molecule has 1 atom stereocenters. The second kappa shape index (κ2) is 6.08. The van der Waals surface area contributed by atoms with E-state index in [1.165, 1.54) is 13.3 Å². The number of benzene rings is 1. The first-order chi connectivity index (χ1) is 9.11. The van der Waals surface area contributed by atoms with E-state index in [1.54, 1.807) is 0 Å². The number of anilines is 2. The van der Waals surface area contributed by atoms with Crippen molar-refractivity contribution >= 4 is 34.7 Å². The van der Waals surface area contributed by atoms with Crippen molar-refractivity contribution in [1.82, 2.24) is 9.97 Å². The minimum Gasteiger partial charge on any atom is -0.467 e. The molecule has 0 saturated heterocycles. The van der Waals surface area contributed by atoms with Gasteiger partial charge in [0.15, 0.2) is 5.82 Å². The molecule has 0 aliphatic carbocycles. The number of methoxy groups -OCH3 is 1. The standard InChI is InChI=1S/C13H13Cl2N3O/c1-8(14)9-5-3-4-6-11(9)17-12-10(15)7-16-13(18-12)19-2/h3-8H,1-2H3,(H,16,17,18). The van der Waals surface area contributed by atoms with Crippen LogP contribution in [0.15, 0.2) is 30.5 Å². The summed E-state index contributed by atoms with van der Waals surface area (Å²) in [6, 6.07) is 7.97. The molecular formula is C13H13Cl2N3O. The number of para-hydroxylation sites is 1. The monoisotopic (exact) mass is 297 g/mol. The van der Waals surface area contributed by atoms with Gasteiger partial charge in [0.1, 0.15) is 5.02 Å². The molecule has 6 heteroatoms. The highest BCUT2D eigenvalue weighted by atomic mass is 35.5. The SMILES string of the molecule is COc1ncc(Cl)c(Nc2ccccc2C(C)Cl)n1. The van der Waals surface area contributed by atoms with Gasteiger partial charge < -0.3 is 10.1 Å². The second-order valence-corrected chi connectivity index (χ2v) is 4.94. The van der Waals surface area contributed by atoms with Crippen LogP contribution in [0.25, 0.3) is 0 Å². The van der Waals surface area contributed by atoms with E-state index in [0.29, 0.717) is 10.8 Å². The van der Waals surface area contributed by atoms with Crippen LogP contribution in [0.5, 0.6) is 6.01 Å². The lowest BCUT2D eigenvalue weighted by molar-refractivity contribution is 0.380. The van der Waals surface area contributed by atoms with Crippen LogP contribution < -0.4 is 10.1 Å². The molecule has 0 bridgehead atoms. The van der Waals surface area contributed by atoms with Gasteiger partial charge in [0.2, 0.25) is 0 Å². The van der Waals surface area contributed by atoms with E-state index in [4.69, 9.17) is 27.9 Å². The van der Waals surface area contributed by atoms with Gasteiger partial charge in [-0.3, -0.25) is 0 Å². The number of rotatable bonds is 4. The highest BCUT2D eigenvalue weighted by Gasteiger charge is 2.11. The molecule has 0 saturated carbocycles. The topological polar surface area (TPSA) is 47.0 Å².